The number of fused-ring (bicyclic) bond motifs is 1. The topological polar surface area (TPSA) is 61.8 Å². The molecule has 2 heterocycles. The lowest BCUT2D eigenvalue weighted by Crippen LogP contribution is -2.38. The van der Waals surface area contributed by atoms with Gasteiger partial charge in [0, 0.05) is 7.05 Å². The molecular weight excluding hydrogens is 316 g/mol. The van der Waals surface area contributed by atoms with Crippen LogP contribution in [-0.2, 0) is 20.1 Å². The maximum atomic E-state index is 12.5. The molecule has 0 aliphatic heterocycles. The zero-order valence-corrected chi connectivity index (χ0v) is 13.1. The molecule has 0 fully saturated rings. The van der Waals surface area contributed by atoms with Crippen molar-refractivity contribution in [3.8, 4) is 12.3 Å². The van der Waals surface area contributed by atoms with Crippen LogP contribution in [-0.4, -0.2) is 18.7 Å². The second-order valence-electron chi connectivity index (χ2n) is 5.06. The summed E-state index contributed by atoms with van der Waals surface area (Å²) in [7, 11) is 1.41. The van der Waals surface area contributed by atoms with Gasteiger partial charge in [-0.2, -0.15) is 4.98 Å². The highest BCUT2D eigenvalue weighted by atomic mass is 35.5. The maximum absolute atomic E-state index is 12.5. The third kappa shape index (κ3) is 2.45. The summed E-state index contributed by atoms with van der Waals surface area (Å²) in [4.78, 5) is 28.9. The van der Waals surface area contributed by atoms with E-state index in [2.05, 4.69) is 10.9 Å². The first-order valence-corrected chi connectivity index (χ1v) is 7.25. The van der Waals surface area contributed by atoms with Gasteiger partial charge >= 0.3 is 5.69 Å². The normalized spacial score (nSPS) is 10.8. The molecule has 1 aromatic carbocycles. The lowest BCUT2D eigenvalue weighted by Gasteiger charge is -2.08. The molecule has 7 heteroatoms. The van der Waals surface area contributed by atoms with E-state index < -0.39 is 11.2 Å². The summed E-state index contributed by atoms with van der Waals surface area (Å²) in [5, 5.41) is 0.136. The van der Waals surface area contributed by atoms with Crippen LogP contribution < -0.4 is 11.2 Å². The van der Waals surface area contributed by atoms with Crippen molar-refractivity contribution in [1.29, 1.82) is 0 Å². The van der Waals surface area contributed by atoms with E-state index >= 15 is 0 Å². The fraction of sp³-hybridized carbons (Fsp3) is 0.188. The van der Waals surface area contributed by atoms with E-state index in [1.807, 2.05) is 30.3 Å². The zero-order chi connectivity index (χ0) is 16.6. The first-order valence-electron chi connectivity index (χ1n) is 6.87. The number of benzene rings is 1. The number of aromatic nitrogens is 4. The van der Waals surface area contributed by atoms with Crippen molar-refractivity contribution in [3.05, 3.63) is 62.0 Å². The van der Waals surface area contributed by atoms with Crippen molar-refractivity contribution >= 4 is 22.8 Å². The van der Waals surface area contributed by atoms with Crippen LogP contribution in [0.1, 0.15) is 5.56 Å². The van der Waals surface area contributed by atoms with Gasteiger partial charge in [-0.1, -0.05) is 36.3 Å². The summed E-state index contributed by atoms with van der Waals surface area (Å²) < 4.78 is 3.87. The quantitative estimate of drug-likeness (QED) is 0.536. The zero-order valence-electron chi connectivity index (χ0n) is 12.4. The van der Waals surface area contributed by atoms with Crippen LogP contribution in [0.5, 0.6) is 0 Å². The van der Waals surface area contributed by atoms with Crippen LogP contribution in [0.2, 0.25) is 5.28 Å². The molecule has 0 aliphatic carbocycles. The summed E-state index contributed by atoms with van der Waals surface area (Å²) in [6, 6.07) is 9.54. The Morgan fingerprint density at radius 3 is 2.57 bits per heavy atom. The predicted octanol–water partition coefficient (Wildman–Crippen LogP) is 1.23. The van der Waals surface area contributed by atoms with E-state index in [-0.39, 0.29) is 23.0 Å². The van der Waals surface area contributed by atoms with E-state index in [0.717, 1.165) is 10.1 Å². The standard InChI is InChI=1S/C16H13ClN4O2/c1-3-9-20-13-12(14(22)19(2)16(20)23)21(15(17)18-13)10-11-7-5-4-6-8-11/h1,4-8H,9-10H2,2H3. The molecule has 0 saturated heterocycles. The van der Waals surface area contributed by atoms with Gasteiger partial charge in [0.2, 0.25) is 5.28 Å². The number of terminal acetylenes is 1. The molecule has 0 bridgehead atoms. The second kappa shape index (κ2) is 5.78. The van der Waals surface area contributed by atoms with Gasteiger partial charge in [-0.25, -0.2) is 4.79 Å². The Bertz CT molecular complexity index is 1040. The van der Waals surface area contributed by atoms with E-state index in [1.165, 1.54) is 11.6 Å². The molecular formula is C16H13ClN4O2. The fourth-order valence-corrected chi connectivity index (χ4v) is 2.70. The van der Waals surface area contributed by atoms with Crippen molar-refractivity contribution in [1.82, 2.24) is 18.7 Å². The van der Waals surface area contributed by atoms with Crippen LogP contribution in [0.25, 0.3) is 11.2 Å². The lowest BCUT2D eigenvalue weighted by molar-refractivity contribution is 0.680. The van der Waals surface area contributed by atoms with Gasteiger partial charge in [0.05, 0.1) is 13.1 Å². The van der Waals surface area contributed by atoms with Crippen LogP contribution in [0.3, 0.4) is 0 Å². The molecule has 116 valence electrons. The van der Waals surface area contributed by atoms with Crippen molar-refractivity contribution in [2.45, 2.75) is 13.1 Å². The number of halogens is 1. The molecule has 0 amide bonds. The molecule has 0 N–H and O–H groups in total. The van der Waals surface area contributed by atoms with E-state index in [4.69, 9.17) is 18.0 Å². The van der Waals surface area contributed by atoms with Crippen molar-refractivity contribution in [3.63, 3.8) is 0 Å². The number of imidazole rings is 1. The molecule has 2 aromatic heterocycles. The Hall–Kier alpha value is -2.78. The smallest absolute Gasteiger partial charge is 0.304 e. The average Bonchev–Trinajstić information content (AvgIpc) is 2.87. The van der Waals surface area contributed by atoms with Gasteiger partial charge < -0.3 is 4.57 Å². The Labute approximate surface area is 136 Å². The molecule has 3 rings (SSSR count). The van der Waals surface area contributed by atoms with Crippen molar-refractivity contribution in [2.75, 3.05) is 0 Å². The Morgan fingerprint density at radius 1 is 1.22 bits per heavy atom. The SMILES string of the molecule is C#CCn1c(=O)n(C)c(=O)c2c1nc(Cl)n2Cc1ccccc1. The first-order chi connectivity index (χ1) is 11.0. The summed E-state index contributed by atoms with van der Waals surface area (Å²) in [6.07, 6.45) is 5.31. The van der Waals surface area contributed by atoms with E-state index in [9.17, 15) is 9.59 Å². The molecule has 0 saturated carbocycles. The average molecular weight is 329 g/mol. The summed E-state index contributed by atoms with van der Waals surface area (Å²) in [6.45, 7) is 0.391. The highest BCUT2D eigenvalue weighted by Crippen LogP contribution is 2.18. The summed E-state index contributed by atoms with van der Waals surface area (Å²) >= 11 is 6.20. The van der Waals surface area contributed by atoms with Crippen molar-refractivity contribution in [2.24, 2.45) is 7.05 Å². The molecule has 6 nitrogen and oxygen atoms in total. The summed E-state index contributed by atoms with van der Waals surface area (Å²) in [5.41, 5.74) is 0.466. The van der Waals surface area contributed by atoms with Crippen LogP contribution in [0, 0.1) is 12.3 Å². The number of hydrogen-bond donors (Lipinski definition) is 0. The third-order valence-electron chi connectivity index (χ3n) is 3.62. The van der Waals surface area contributed by atoms with Gasteiger partial charge in [-0.15, -0.1) is 6.42 Å². The highest BCUT2D eigenvalue weighted by molar-refractivity contribution is 6.29. The minimum absolute atomic E-state index is 0.0160. The second-order valence-corrected chi connectivity index (χ2v) is 5.40. The molecule has 0 radical (unpaired) electrons. The lowest BCUT2D eigenvalue weighted by atomic mass is 10.2. The van der Waals surface area contributed by atoms with Gasteiger partial charge in [-0.3, -0.25) is 13.9 Å². The fourth-order valence-electron chi connectivity index (χ4n) is 2.47. The monoisotopic (exact) mass is 328 g/mol. The molecule has 0 aliphatic rings. The van der Waals surface area contributed by atoms with E-state index in [1.54, 1.807) is 4.57 Å². The van der Waals surface area contributed by atoms with Gasteiger partial charge in [0.25, 0.3) is 5.56 Å². The Kier molecular flexibility index (Phi) is 3.80. The van der Waals surface area contributed by atoms with Crippen LogP contribution >= 0.6 is 11.6 Å². The molecule has 23 heavy (non-hydrogen) atoms. The summed E-state index contributed by atoms with van der Waals surface area (Å²) in [5.74, 6) is 2.40. The Balaban J connectivity index is 2.33. The highest BCUT2D eigenvalue weighted by Gasteiger charge is 2.19. The minimum Gasteiger partial charge on any atom is -0.304 e. The molecule has 0 spiro atoms. The van der Waals surface area contributed by atoms with E-state index in [0.29, 0.717) is 6.54 Å². The number of nitrogens with zero attached hydrogens (tertiary/aromatic N) is 4. The molecule has 0 atom stereocenters. The van der Waals surface area contributed by atoms with Gasteiger partial charge in [0.15, 0.2) is 11.2 Å². The minimum atomic E-state index is -0.513. The Morgan fingerprint density at radius 2 is 1.91 bits per heavy atom. The molecule has 0 unspecified atom stereocenters. The maximum Gasteiger partial charge on any atom is 0.333 e. The molecule has 3 aromatic rings. The van der Waals surface area contributed by atoms with Crippen molar-refractivity contribution < 1.29 is 0 Å². The third-order valence-corrected chi connectivity index (χ3v) is 3.90. The van der Waals surface area contributed by atoms with Gasteiger partial charge in [-0.05, 0) is 17.2 Å². The first kappa shape index (κ1) is 15.1. The van der Waals surface area contributed by atoms with Crippen LogP contribution in [0.4, 0.5) is 0 Å². The van der Waals surface area contributed by atoms with Crippen LogP contribution in [0.15, 0.2) is 39.9 Å². The van der Waals surface area contributed by atoms with Gasteiger partial charge in [0.1, 0.15) is 0 Å². The number of rotatable bonds is 3. The predicted molar refractivity (Wildman–Crippen MR) is 88.6 cm³/mol. The number of hydrogen-bond acceptors (Lipinski definition) is 3. The largest absolute Gasteiger partial charge is 0.333 e.